The van der Waals surface area contributed by atoms with E-state index in [1.165, 1.54) is 0 Å². The summed E-state index contributed by atoms with van der Waals surface area (Å²) in [5, 5.41) is 11.4. The second-order valence-electron chi connectivity index (χ2n) is 5.50. The van der Waals surface area contributed by atoms with Gasteiger partial charge in [0.1, 0.15) is 5.75 Å². The molecule has 0 atom stereocenters. The van der Waals surface area contributed by atoms with Crippen LogP contribution in [0.25, 0.3) is 0 Å². The van der Waals surface area contributed by atoms with E-state index in [1.807, 2.05) is 36.4 Å². The van der Waals surface area contributed by atoms with Gasteiger partial charge in [0.05, 0.1) is 7.11 Å². The van der Waals surface area contributed by atoms with E-state index < -0.39 is 5.60 Å². The number of ketones is 1. The molecule has 0 aliphatic carbocycles. The standard InChI is InChI=1S/C21H18O3/c1-24-19-14-12-16(13-15-19)20(22)21(23,17-8-4-2-5-9-17)18-10-6-3-7-11-18/h2-15,23H,1H3. The number of ether oxygens (including phenoxy) is 1. The Kier molecular flexibility index (Phi) is 4.45. The van der Waals surface area contributed by atoms with Crippen molar-refractivity contribution in [2.45, 2.75) is 5.60 Å². The maximum absolute atomic E-state index is 13.2. The molecule has 0 saturated carbocycles. The van der Waals surface area contributed by atoms with E-state index in [0.29, 0.717) is 22.4 Å². The lowest BCUT2D eigenvalue weighted by atomic mass is 9.80. The van der Waals surface area contributed by atoms with Gasteiger partial charge in [-0.15, -0.1) is 0 Å². The van der Waals surface area contributed by atoms with Gasteiger partial charge in [-0.1, -0.05) is 60.7 Å². The van der Waals surface area contributed by atoms with Gasteiger partial charge in [0, 0.05) is 5.56 Å². The number of benzene rings is 3. The molecule has 0 heterocycles. The van der Waals surface area contributed by atoms with Crippen molar-refractivity contribution in [2.24, 2.45) is 0 Å². The van der Waals surface area contributed by atoms with Gasteiger partial charge < -0.3 is 9.84 Å². The fraction of sp³-hybridized carbons (Fsp3) is 0.0952. The topological polar surface area (TPSA) is 46.5 Å². The first-order valence-corrected chi connectivity index (χ1v) is 7.68. The fourth-order valence-electron chi connectivity index (χ4n) is 2.74. The second-order valence-corrected chi connectivity index (χ2v) is 5.50. The molecule has 0 saturated heterocycles. The zero-order valence-electron chi connectivity index (χ0n) is 13.3. The Morgan fingerprint density at radius 1 is 0.792 bits per heavy atom. The SMILES string of the molecule is COc1ccc(C(=O)C(O)(c2ccccc2)c2ccccc2)cc1. The van der Waals surface area contributed by atoms with Gasteiger partial charge in [-0.25, -0.2) is 0 Å². The smallest absolute Gasteiger partial charge is 0.203 e. The molecule has 3 nitrogen and oxygen atoms in total. The largest absolute Gasteiger partial charge is 0.497 e. The number of hydrogen-bond donors (Lipinski definition) is 1. The summed E-state index contributed by atoms with van der Waals surface area (Å²) < 4.78 is 5.13. The van der Waals surface area contributed by atoms with E-state index in [1.54, 1.807) is 55.6 Å². The molecule has 0 aromatic heterocycles. The Labute approximate surface area is 141 Å². The maximum atomic E-state index is 13.2. The Morgan fingerprint density at radius 3 is 1.67 bits per heavy atom. The molecule has 0 aliphatic rings. The summed E-state index contributed by atoms with van der Waals surface area (Å²) in [5.74, 6) is 0.289. The monoisotopic (exact) mass is 318 g/mol. The molecule has 120 valence electrons. The number of hydrogen-bond acceptors (Lipinski definition) is 3. The first-order chi connectivity index (χ1) is 11.7. The number of aliphatic hydroxyl groups is 1. The van der Waals surface area contributed by atoms with Crippen LogP contribution in [0.2, 0.25) is 0 Å². The molecule has 1 N–H and O–H groups in total. The van der Waals surface area contributed by atoms with Gasteiger partial charge >= 0.3 is 0 Å². The van der Waals surface area contributed by atoms with Crippen LogP contribution in [0.15, 0.2) is 84.9 Å². The summed E-state index contributed by atoms with van der Waals surface area (Å²) in [6.45, 7) is 0. The average molecular weight is 318 g/mol. The minimum atomic E-state index is -1.74. The predicted molar refractivity (Wildman–Crippen MR) is 93.2 cm³/mol. The van der Waals surface area contributed by atoms with Gasteiger partial charge in [0.25, 0.3) is 0 Å². The lowest BCUT2D eigenvalue weighted by Crippen LogP contribution is -2.37. The van der Waals surface area contributed by atoms with Gasteiger partial charge in [0.2, 0.25) is 5.78 Å². The molecule has 0 bridgehead atoms. The number of carbonyl (C=O) groups is 1. The lowest BCUT2D eigenvalue weighted by molar-refractivity contribution is 0.0488. The van der Waals surface area contributed by atoms with E-state index in [-0.39, 0.29) is 5.78 Å². The molecule has 3 aromatic rings. The van der Waals surface area contributed by atoms with Crippen LogP contribution < -0.4 is 4.74 Å². The third-order valence-corrected chi connectivity index (χ3v) is 4.06. The van der Waals surface area contributed by atoms with E-state index in [9.17, 15) is 9.90 Å². The van der Waals surface area contributed by atoms with Crippen molar-refractivity contribution in [2.75, 3.05) is 7.11 Å². The summed E-state index contributed by atoms with van der Waals surface area (Å²) >= 11 is 0. The molecule has 3 rings (SSSR count). The fourth-order valence-corrected chi connectivity index (χ4v) is 2.74. The molecule has 0 unspecified atom stereocenters. The first kappa shape index (κ1) is 16.0. The molecular weight excluding hydrogens is 300 g/mol. The first-order valence-electron chi connectivity index (χ1n) is 7.68. The van der Waals surface area contributed by atoms with Crippen molar-refractivity contribution < 1.29 is 14.6 Å². The second kappa shape index (κ2) is 6.69. The zero-order valence-corrected chi connectivity index (χ0v) is 13.3. The van der Waals surface area contributed by atoms with Crippen LogP contribution in [0.4, 0.5) is 0 Å². The van der Waals surface area contributed by atoms with Crippen LogP contribution in [-0.4, -0.2) is 18.0 Å². The van der Waals surface area contributed by atoms with E-state index in [0.717, 1.165) is 0 Å². The predicted octanol–water partition coefficient (Wildman–Crippen LogP) is 3.81. The Morgan fingerprint density at radius 2 is 1.25 bits per heavy atom. The van der Waals surface area contributed by atoms with Gasteiger partial charge in [-0.3, -0.25) is 4.79 Å². The summed E-state index contributed by atoms with van der Waals surface area (Å²) in [7, 11) is 1.57. The van der Waals surface area contributed by atoms with Crippen LogP contribution in [-0.2, 0) is 5.60 Å². The minimum Gasteiger partial charge on any atom is -0.497 e. The minimum absolute atomic E-state index is 0.373. The highest BCUT2D eigenvalue weighted by Crippen LogP contribution is 2.33. The van der Waals surface area contributed by atoms with E-state index in [4.69, 9.17) is 4.74 Å². The van der Waals surface area contributed by atoms with Gasteiger partial charge in [-0.2, -0.15) is 0 Å². The maximum Gasteiger partial charge on any atom is 0.203 e. The molecular formula is C21H18O3. The molecule has 3 heteroatoms. The van der Waals surface area contributed by atoms with Crippen molar-refractivity contribution in [3.8, 4) is 5.75 Å². The molecule has 3 aromatic carbocycles. The van der Waals surface area contributed by atoms with Crippen LogP contribution in [0.5, 0.6) is 5.75 Å². The summed E-state index contributed by atoms with van der Waals surface area (Å²) in [5.41, 5.74) is -0.239. The molecule has 0 spiro atoms. The quantitative estimate of drug-likeness (QED) is 0.728. The van der Waals surface area contributed by atoms with Crippen LogP contribution in [0.1, 0.15) is 21.5 Å². The number of methoxy groups -OCH3 is 1. The van der Waals surface area contributed by atoms with Crippen molar-refractivity contribution in [3.63, 3.8) is 0 Å². The lowest BCUT2D eigenvalue weighted by Gasteiger charge is -2.28. The third-order valence-electron chi connectivity index (χ3n) is 4.06. The van der Waals surface area contributed by atoms with Crippen molar-refractivity contribution in [1.29, 1.82) is 0 Å². The zero-order chi connectivity index (χ0) is 17.0. The van der Waals surface area contributed by atoms with Crippen LogP contribution in [0.3, 0.4) is 0 Å². The Balaban J connectivity index is 2.12. The molecule has 0 fully saturated rings. The van der Waals surface area contributed by atoms with Gasteiger partial charge in [0.15, 0.2) is 5.60 Å². The molecule has 0 radical (unpaired) electrons. The highest BCUT2D eigenvalue weighted by atomic mass is 16.5. The van der Waals surface area contributed by atoms with Gasteiger partial charge in [-0.05, 0) is 35.4 Å². The summed E-state index contributed by atoms with van der Waals surface area (Å²) in [6, 6.07) is 24.7. The van der Waals surface area contributed by atoms with Crippen LogP contribution in [0, 0.1) is 0 Å². The number of rotatable bonds is 5. The highest BCUT2D eigenvalue weighted by Gasteiger charge is 2.40. The van der Waals surface area contributed by atoms with Crippen molar-refractivity contribution in [1.82, 2.24) is 0 Å². The summed E-state index contributed by atoms with van der Waals surface area (Å²) in [6.07, 6.45) is 0. The normalized spacial score (nSPS) is 11.1. The summed E-state index contributed by atoms with van der Waals surface area (Å²) in [4.78, 5) is 13.2. The van der Waals surface area contributed by atoms with E-state index in [2.05, 4.69) is 0 Å². The molecule has 24 heavy (non-hydrogen) atoms. The van der Waals surface area contributed by atoms with E-state index >= 15 is 0 Å². The van der Waals surface area contributed by atoms with Crippen molar-refractivity contribution in [3.05, 3.63) is 102 Å². The Bertz CT molecular complexity index is 769. The highest BCUT2D eigenvalue weighted by molar-refractivity contribution is 6.05. The molecule has 0 amide bonds. The third kappa shape index (κ3) is 2.82. The van der Waals surface area contributed by atoms with Crippen LogP contribution >= 0.6 is 0 Å². The molecule has 0 aliphatic heterocycles. The number of carbonyl (C=O) groups excluding carboxylic acids is 1. The van der Waals surface area contributed by atoms with Crippen molar-refractivity contribution >= 4 is 5.78 Å². The average Bonchev–Trinajstić information content (AvgIpc) is 2.68. The Hall–Kier alpha value is -2.91. The number of Topliss-reactive ketones (excluding diaryl/α,β-unsaturated/α-hetero) is 1.